The fourth-order valence-corrected chi connectivity index (χ4v) is 4.70. The van der Waals surface area contributed by atoms with Crippen molar-refractivity contribution in [1.29, 1.82) is 0 Å². The number of rotatable bonds is 5. The third-order valence-corrected chi connectivity index (χ3v) is 6.48. The number of aliphatic hydroxyl groups excluding tert-OH is 1. The van der Waals surface area contributed by atoms with E-state index >= 15 is 0 Å². The molecule has 2 fully saturated rings. The number of nitrogens with zero attached hydrogens (tertiary/aromatic N) is 1. The van der Waals surface area contributed by atoms with E-state index in [0.717, 1.165) is 31.2 Å². The molecular weight excluding hydrogens is 390 g/mol. The Balaban J connectivity index is 1.84. The number of amides is 1. The van der Waals surface area contributed by atoms with Crippen molar-refractivity contribution in [2.45, 2.75) is 57.5 Å². The van der Waals surface area contributed by atoms with Gasteiger partial charge in [0.1, 0.15) is 11.5 Å². The summed E-state index contributed by atoms with van der Waals surface area (Å²) in [5.74, 6) is -0.226. The predicted molar refractivity (Wildman–Crippen MR) is 120 cm³/mol. The summed E-state index contributed by atoms with van der Waals surface area (Å²) in [6.45, 7) is 4.26. The van der Waals surface area contributed by atoms with Crippen LogP contribution < -0.4 is 4.74 Å². The molecule has 1 amide bonds. The lowest BCUT2D eigenvalue weighted by molar-refractivity contribution is -0.141. The molecule has 1 unspecified atom stereocenters. The molecule has 1 heterocycles. The molecule has 2 aromatic rings. The van der Waals surface area contributed by atoms with Gasteiger partial charge >= 0.3 is 0 Å². The van der Waals surface area contributed by atoms with Gasteiger partial charge < -0.3 is 14.7 Å². The largest absolute Gasteiger partial charge is 0.507 e. The highest BCUT2D eigenvalue weighted by atomic mass is 16.5. The summed E-state index contributed by atoms with van der Waals surface area (Å²) in [5, 5.41) is 11.1. The van der Waals surface area contributed by atoms with Crippen molar-refractivity contribution in [3.05, 3.63) is 70.8 Å². The van der Waals surface area contributed by atoms with Crippen LogP contribution in [0.4, 0.5) is 0 Å². The standard InChI is InChI=1S/C26H29NO4/c1-16(2)17-8-10-18(11-9-17)23-22(24(28)19-12-14-21(31-3)15-13-19)25(29)26(30)27(23)20-6-4-5-7-20/h8-16,20,23,28H,4-7H2,1-3H3/b24-22-. The maximum absolute atomic E-state index is 13.1. The first-order valence-corrected chi connectivity index (χ1v) is 11.0. The normalized spacial score (nSPS) is 21.3. The van der Waals surface area contributed by atoms with Crippen LogP contribution in [0.25, 0.3) is 5.76 Å². The summed E-state index contributed by atoms with van der Waals surface area (Å²) >= 11 is 0. The van der Waals surface area contributed by atoms with Crippen molar-refractivity contribution in [2.75, 3.05) is 7.11 Å². The van der Waals surface area contributed by atoms with Crippen LogP contribution >= 0.6 is 0 Å². The number of likely N-dealkylation sites (tertiary alicyclic amines) is 1. The lowest BCUT2D eigenvalue weighted by atomic mass is 9.92. The van der Waals surface area contributed by atoms with Crippen LogP contribution in [-0.2, 0) is 9.59 Å². The van der Waals surface area contributed by atoms with Gasteiger partial charge in [-0.2, -0.15) is 0 Å². The van der Waals surface area contributed by atoms with E-state index in [4.69, 9.17) is 4.74 Å². The average Bonchev–Trinajstić information content (AvgIpc) is 3.40. The molecule has 1 aliphatic carbocycles. The number of Topliss-reactive ketones (excluding diaryl/α,β-unsaturated/α-hetero) is 1. The van der Waals surface area contributed by atoms with Crippen molar-refractivity contribution >= 4 is 17.4 Å². The summed E-state index contributed by atoms with van der Waals surface area (Å²) in [7, 11) is 1.57. The highest BCUT2D eigenvalue weighted by Crippen LogP contribution is 2.43. The summed E-state index contributed by atoms with van der Waals surface area (Å²) in [4.78, 5) is 28.0. The summed E-state index contributed by atoms with van der Waals surface area (Å²) in [5.41, 5.74) is 2.70. The van der Waals surface area contributed by atoms with Crippen LogP contribution in [0, 0.1) is 0 Å². The highest BCUT2D eigenvalue weighted by molar-refractivity contribution is 6.46. The van der Waals surface area contributed by atoms with Gasteiger partial charge in [-0.1, -0.05) is 51.0 Å². The molecule has 1 saturated heterocycles. The van der Waals surface area contributed by atoms with E-state index in [1.807, 2.05) is 24.3 Å². The predicted octanol–water partition coefficient (Wildman–Crippen LogP) is 5.18. The van der Waals surface area contributed by atoms with E-state index in [2.05, 4.69) is 13.8 Å². The number of benzene rings is 2. The van der Waals surface area contributed by atoms with E-state index in [1.165, 1.54) is 5.56 Å². The van der Waals surface area contributed by atoms with Crippen molar-refractivity contribution in [1.82, 2.24) is 4.90 Å². The zero-order chi connectivity index (χ0) is 22.1. The van der Waals surface area contributed by atoms with Crippen molar-refractivity contribution in [3.63, 3.8) is 0 Å². The minimum atomic E-state index is -0.613. The molecular formula is C26H29NO4. The van der Waals surface area contributed by atoms with E-state index in [-0.39, 0.29) is 17.4 Å². The third-order valence-electron chi connectivity index (χ3n) is 6.48. The maximum Gasteiger partial charge on any atom is 0.295 e. The van der Waals surface area contributed by atoms with E-state index < -0.39 is 17.7 Å². The number of carbonyl (C=O) groups is 2. The van der Waals surface area contributed by atoms with Crippen LogP contribution in [0.15, 0.2) is 54.1 Å². The van der Waals surface area contributed by atoms with Gasteiger partial charge in [-0.3, -0.25) is 9.59 Å². The number of carbonyl (C=O) groups excluding carboxylic acids is 2. The zero-order valence-electron chi connectivity index (χ0n) is 18.3. The second kappa shape index (κ2) is 8.58. The van der Waals surface area contributed by atoms with E-state index in [9.17, 15) is 14.7 Å². The molecule has 162 valence electrons. The Morgan fingerprint density at radius 3 is 2.16 bits per heavy atom. The second-order valence-electron chi connectivity index (χ2n) is 8.69. The summed E-state index contributed by atoms with van der Waals surface area (Å²) in [6.07, 6.45) is 3.86. The topological polar surface area (TPSA) is 66.8 Å². The molecule has 1 atom stereocenters. The first kappa shape index (κ1) is 21.2. The van der Waals surface area contributed by atoms with E-state index in [1.54, 1.807) is 36.3 Å². The highest BCUT2D eigenvalue weighted by Gasteiger charge is 2.49. The first-order valence-electron chi connectivity index (χ1n) is 11.0. The molecule has 5 nitrogen and oxygen atoms in total. The average molecular weight is 420 g/mol. The first-order chi connectivity index (χ1) is 14.9. The molecule has 2 aromatic carbocycles. The van der Waals surface area contributed by atoms with Gasteiger partial charge in [0.15, 0.2) is 0 Å². The molecule has 0 spiro atoms. The minimum Gasteiger partial charge on any atom is -0.507 e. The van der Waals surface area contributed by atoms with Crippen LogP contribution in [0.1, 0.15) is 68.2 Å². The molecule has 0 radical (unpaired) electrons. The molecule has 0 bridgehead atoms. The molecule has 5 heteroatoms. The number of ketones is 1. The lowest BCUT2D eigenvalue weighted by Gasteiger charge is -2.31. The Kier molecular flexibility index (Phi) is 5.86. The SMILES string of the molecule is COc1ccc(/C(O)=C2/C(=O)C(=O)N(C3CCCC3)C2c2ccc(C(C)C)cc2)cc1. The number of methoxy groups -OCH3 is 1. The van der Waals surface area contributed by atoms with Gasteiger partial charge in [-0.25, -0.2) is 0 Å². The number of hydrogen-bond donors (Lipinski definition) is 1. The van der Waals surface area contributed by atoms with E-state index in [0.29, 0.717) is 17.2 Å². The smallest absolute Gasteiger partial charge is 0.295 e. The molecule has 4 rings (SSSR count). The Bertz CT molecular complexity index is 999. The lowest BCUT2D eigenvalue weighted by Crippen LogP contribution is -2.37. The zero-order valence-corrected chi connectivity index (χ0v) is 18.3. The van der Waals surface area contributed by atoms with Crippen LogP contribution in [0.2, 0.25) is 0 Å². The Morgan fingerprint density at radius 2 is 1.61 bits per heavy atom. The number of ether oxygens (including phenoxy) is 1. The van der Waals surface area contributed by atoms with Gasteiger partial charge in [-0.05, 0) is 54.2 Å². The van der Waals surface area contributed by atoms with Gasteiger partial charge in [-0.15, -0.1) is 0 Å². The molecule has 31 heavy (non-hydrogen) atoms. The molecule has 2 aliphatic rings. The fourth-order valence-electron chi connectivity index (χ4n) is 4.70. The quantitative estimate of drug-likeness (QED) is 0.412. The number of aliphatic hydroxyl groups is 1. The van der Waals surface area contributed by atoms with Gasteiger partial charge in [0.2, 0.25) is 0 Å². The van der Waals surface area contributed by atoms with Crippen molar-refractivity contribution in [2.24, 2.45) is 0 Å². The molecule has 1 N–H and O–H groups in total. The van der Waals surface area contributed by atoms with Crippen molar-refractivity contribution in [3.8, 4) is 5.75 Å². The number of hydrogen-bond acceptors (Lipinski definition) is 4. The van der Waals surface area contributed by atoms with Crippen LogP contribution in [0.5, 0.6) is 5.75 Å². The minimum absolute atomic E-state index is 0.0207. The third kappa shape index (κ3) is 3.85. The Hall–Kier alpha value is -3.08. The van der Waals surface area contributed by atoms with Crippen LogP contribution in [0.3, 0.4) is 0 Å². The molecule has 1 aliphatic heterocycles. The Labute approximate surface area is 183 Å². The van der Waals surface area contributed by atoms with Crippen molar-refractivity contribution < 1.29 is 19.4 Å². The second-order valence-corrected chi connectivity index (χ2v) is 8.69. The maximum atomic E-state index is 13.1. The fraction of sp³-hybridized carbons (Fsp3) is 0.385. The van der Waals surface area contributed by atoms with Crippen LogP contribution in [-0.4, -0.2) is 34.8 Å². The monoisotopic (exact) mass is 419 g/mol. The molecule has 1 saturated carbocycles. The van der Waals surface area contributed by atoms with Gasteiger partial charge in [0, 0.05) is 11.6 Å². The molecule has 0 aromatic heterocycles. The summed E-state index contributed by atoms with van der Waals surface area (Å²) in [6, 6.07) is 14.4. The van der Waals surface area contributed by atoms with Gasteiger partial charge in [0.05, 0.1) is 18.7 Å². The Morgan fingerprint density at radius 1 is 1.00 bits per heavy atom. The van der Waals surface area contributed by atoms with Gasteiger partial charge in [0.25, 0.3) is 11.7 Å². The summed E-state index contributed by atoms with van der Waals surface area (Å²) < 4.78 is 5.19.